The number of carbonyl (C=O) groups excluding carboxylic acids is 4. The summed E-state index contributed by atoms with van der Waals surface area (Å²) in [6, 6.07) is 10.6. The topological polar surface area (TPSA) is 136 Å². The molecule has 0 radical (unpaired) electrons. The molecule has 1 aliphatic carbocycles. The number of amides is 3. The van der Waals surface area contributed by atoms with Gasteiger partial charge < -0.3 is 10.1 Å². The molecule has 4 rings (SSSR count). The summed E-state index contributed by atoms with van der Waals surface area (Å²) in [4.78, 5) is 61.2. The van der Waals surface area contributed by atoms with Crippen LogP contribution in [0.25, 0.3) is 0 Å². The number of ether oxygens (including phenoxy) is 1. The zero-order chi connectivity index (χ0) is 26.4. The summed E-state index contributed by atoms with van der Waals surface area (Å²) in [5, 5.41) is 14.0. The molecule has 3 amide bonds. The van der Waals surface area contributed by atoms with Crippen LogP contribution in [0.1, 0.15) is 88.9 Å². The van der Waals surface area contributed by atoms with Crippen molar-refractivity contribution in [2.45, 2.75) is 63.9 Å². The quantitative estimate of drug-likeness (QED) is 0.159. The molecule has 10 nitrogen and oxygen atoms in total. The minimum Gasteiger partial charge on any atom is -0.459 e. The van der Waals surface area contributed by atoms with Gasteiger partial charge in [0.25, 0.3) is 17.5 Å². The summed E-state index contributed by atoms with van der Waals surface area (Å²) in [6.45, 7) is 0.129. The van der Waals surface area contributed by atoms with Crippen LogP contribution in [-0.2, 0) is 9.53 Å². The highest BCUT2D eigenvalue weighted by atomic mass is 16.6. The number of benzene rings is 2. The van der Waals surface area contributed by atoms with E-state index in [0.717, 1.165) is 30.6 Å². The number of nitro groups is 1. The van der Waals surface area contributed by atoms with E-state index in [1.54, 1.807) is 24.3 Å². The molecule has 2 aromatic carbocycles. The predicted octanol–water partition coefficient (Wildman–Crippen LogP) is 4.88. The molecular formula is C27H29N3O7. The van der Waals surface area contributed by atoms with E-state index in [4.69, 9.17) is 4.74 Å². The number of fused-ring (bicyclic) bond motifs is 1. The van der Waals surface area contributed by atoms with Crippen LogP contribution in [0.3, 0.4) is 0 Å². The first-order valence-electron chi connectivity index (χ1n) is 12.6. The van der Waals surface area contributed by atoms with Crippen molar-refractivity contribution in [3.63, 3.8) is 0 Å². The maximum absolute atomic E-state index is 12.6. The van der Waals surface area contributed by atoms with Gasteiger partial charge in [0.2, 0.25) is 5.91 Å². The summed E-state index contributed by atoms with van der Waals surface area (Å²) in [7, 11) is 0. The second kappa shape index (κ2) is 11.8. The number of carbonyl (C=O) groups is 4. The van der Waals surface area contributed by atoms with Gasteiger partial charge in [0.15, 0.2) is 0 Å². The molecule has 1 N–H and O–H groups in total. The summed E-state index contributed by atoms with van der Waals surface area (Å²) < 4.78 is 5.56. The van der Waals surface area contributed by atoms with Crippen LogP contribution >= 0.6 is 0 Å². The van der Waals surface area contributed by atoms with E-state index >= 15 is 0 Å². The zero-order valence-corrected chi connectivity index (χ0v) is 20.4. The lowest BCUT2D eigenvalue weighted by atomic mass is 9.98. The number of hydrogen-bond acceptors (Lipinski definition) is 7. The highest BCUT2D eigenvalue weighted by molar-refractivity contribution is 6.23. The lowest BCUT2D eigenvalue weighted by molar-refractivity contribution is -0.385. The number of nitrogens with zero attached hydrogens (tertiary/aromatic N) is 2. The van der Waals surface area contributed by atoms with Gasteiger partial charge in [-0.15, -0.1) is 0 Å². The maximum Gasteiger partial charge on any atom is 0.338 e. The second-order valence-electron chi connectivity index (χ2n) is 9.32. The Hall–Kier alpha value is -4.08. The number of anilines is 1. The molecule has 2 aromatic rings. The minimum absolute atomic E-state index is 0.0174. The van der Waals surface area contributed by atoms with E-state index in [-0.39, 0.29) is 47.8 Å². The molecule has 10 heteroatoms. The van der Waals surface area contributed by atoms with E-state index in [9.17, 15) is 29.3 Å². The van der Waals surface area contributed by atoms with Gasteiger partial charge in [-0.1, -0.05) is 18.9 Å². The van der Waals surface area contributed by atoms with Crippen molar-refractivity contribution in [2.24, 2.45) is 0 Å². The van der Waals surface area contributed by atoms with Crippen LogP contribution in [0, 0.1) is 10.1 Å². The third kappa shape index (κ3) is 6.19. The Morgan fingerprint density at radius 2 is 1.70 bits per heavy atom. The Labute approximate surface area is 214 Å². The van der Waals surface area contributed by atoms with Crippen LogP contribution in [-0.4, -0.2) is 46.2 Å². The number of nitrogens with one attached hydrogen (secondary N) is 1. The van der Waals surface area contributed by atoms with Crippen LogP contribution in [0.5, 0.6) is 0 Å². The third-order valence-corrected chi connectivity index (χ3v) is 6.69. The molecule has 194 valence electrons. The first-order valence-corrected chi connectivity index (χ1v) is 12.6. The number of nitro benzene ring substituents is 1. The Morgan fingerprint density at radius 3 is 2.41 bits per heavy atom. The van der Waals surface area contributed by atoms with Gasteiger partial charge in [0.1, 0.15) is 11.7 Å². The van der Waals surface area contributed by atoms with Crippen LogP contribution < -0.4 is 5.32 Å². The van der Waals surface area contributed by atoms with Crippen molar-refractivity contribution in [1.82, 2.24) is 4.90 Å². The number of imide groups is 1. The van der Waals surface area contributed by atoms with Crippen molar-refractivity contribution in [3.05, 3.63) is 69.3 Å². The summed E-state index contributed by atoms with van der Waals surface area (Å²) in [5.41, 5.74) is 0.537. The van der Waals surface area contributed by atoms with Crippen molar-refractivity contribution < 1.29 is 28.8 Å². The van der Waals surface area contributed by atoms with E-state index in [0.29, 0.717) is 30.5 Å². The molecule has 1 saturated carbocycles. The Morgan fingerprint density at radius 1 is 0.973 bits per heavy atom. The van der Waals surface area contributed by atoms with E-state index < -0.39 is 16.7 Å². The molecule has 1 heterocycles. The third-order valence-electron chi connectivity index (χ3n) is 6.69. The van der Waals surface area contributed by atoms with Gasteiger partial charge in [-0.3, -0.25) is 29.4 Å². The monoisotopic (exact) mass is 507 g/mol. The van der Waals surface area contributed by atoms with Crippen molar-refractivity contribution in [2.75, 3.05) is 11.9 Å². The fourth-order valence-corrected chi connectivity index (χ4v) is 4.72. The molecule has 0 bridgehead atoms. The Kier molecular flexibility index (Phi) is 8.27. The van der Waals surface area contributed by atoms with Gasteiger partial charge in [-0.05, 0) is 68.9 Å². The average Bonchev–Trinajstić information content (AvgIpc) is 3.14. The number of unbranched alkanes of at least 4 members (excludes halogenated alkanes) is 2. The largest absolute Gasteiger partial charge is 0.459 e. The second-order valence-corrected chi connectivity index (χ2v) is 9.32. The zero-order valence-electron chi connectivity index (χ0n) is 20.4. The first-order chi connectivity index (χ1) is 17.8. The molecular weight excluding hydrogens is 478 g/mol. The lowest BCUT2D eigenvalue weighted by Crippen LogP contribution is -2.30. The van der Waals surface area contributed by atoms with Gasteiger partial charge in [0, 0.05) is 24.7 Å². The van der Waals surface area contributed by atoms with E-state index in [1.165, 1.54) is 24.6 Å². The predicted molar refractivity (Wildman–Crippen MR) is 134 cm³/mol. The standard InChI is InChI=1S/C27H29N3O7/c31-23(28-19-15-13-18(14-16-19)27(34)37-20-8-3-1-4-9-20)12-5-2-6-17-29-25(32)21-10-7-11-22(30(35)36)24(21)26(29)33/h7,10-11,13-16,20H,1-6,8-9,12,17H2,(H,28,31). The molecule has 0 unspecified atom stereocenters. The number of hydrogen-bond donors (Lipinski definition) is 1. The molecule has 0 spiro atoms. The van der Waals surface area contributed by atoms with Crippen LogP contribution in [0.4, 0.5) is 11.4 Å². The lowest BCUT2D eigenvalue weighted by Gasteiger charge is -2.21. The van der Waals surface area contributed by atoms with Crippen molar-refractivity contribution in [3.8, 4) is 0 Å². The smallest absolute Gasteiger partial charge is 0.338 e. The van der Waals surface area contributed by atoms with E-state index in [2.05, 4.69) is 5.32 Å². The SMILES string of the molecule is O=C(CCCCCN1C(=O)c2cccc([N+](=O)[O-])c2C1=O)Nc1ccc(C(=O)OC2CCCCC2)cc1. The van der Waals surface area contributed by atoms with Crippen molar-refractivity contribution >= 4 is 35.1 Å². The van der Waals surface area contributed by atoms with Gasteiger partial charge in [0.05, 0.1) is 16.1 Å². The van der Waals surface area contributed by atoms with Crippen molar-refractivity contribution in [1.29, 1.82) is 0 Å². The normalized spacial score (nSPS) is 15.4. The van der Waals surface area contributed by atoms with Crippen LogP contribution in [0.15, 0.2) is 42.5 Å². The molecule has 1 aliphatic heterocycles. The van der Waals surface area contributed by atoms with Gasteiger partial charge >= 0.3 is 5.97 Å². The highest BCUT2D eigenvalue weighted by Gasteiger charge is 2.40. The minimum atomic E-state index is -0.664. The summed E-state index contributed by atoms with van der Waals surface area (Å²) in [6.07, 6.45) is 6.99. The average molecular weight is 508 g/mol. The van der Waals surface area contributed by atoms with Gasteiger partial charge in [-0.2, -0.15) is 0 Å². The summed E-state index contributed by atoms with van der Waals surface area (Å²) in [5.74, 6) is -1.73. The fraction of sp³-hybridized carbons (Fsp3) is 0.407. The molecule has 2 aliphatic rings. The Bertz CT molecular complexity index is 1200. The fourth-order valence-electron chi connectivity index (χ4n) is 4.72. The molecule has 0 aromatic heterocycles. The van der Waals surface area contributed by atoms with Crippen LogP contribution in [0.2, 0.25) is 0 Å². The molecule has 0 atom stereocenters. The van der Waals surface area contributed by atoms with Gasteiger partial charge in [-0.25, -0.2) is 4.79 Å². The molecule has 1 fully saturated rings. The first kappa shape index (κ1) is 26.0. The van der Waals surface area contributed by atoms with E-state index in [1.807, 2.05) is 0 Å². The number of rotatable bonds is 10. The summed E-state index contributed by atoms with van der Waals surface area (Å²) >= 11 is 0. The molecule has 37 heavy (non-hydrogen) atoms. The highest BCUT2D eigenvalue weighted by Crippen LogP contribution is 2.31. The molecule has 0 saturated heterocycles. The number of esters is 1. The maximum atomic E-state index is 12.6. The Balaban J connectivity index is 1.17.